The lowest BCUT2D eigenvalue weighted by atomic mass is 9.81. The van der Waals surface area contributed by atoms with Gasteiger partial charge < -0.3 is 4.42 Å². The average molecular weight is 656 g/mol. The number of rotatable bonds is 3. The smallest absolute Gasteiger partial charge is 0.143 e. The Morgan fingerprint density at radius 2 is 0.941 bits per heavy atom. The minimum atomic E-state index is -0.536. The molecule has 0 saturated heterocycles. The Bertz CT molecular complexity index is 3660. The van der Waals surface area contributed by atoms with E-state index in [1.54, 1.807) is 0 Å². The fourth-order valence-corrected chi connectivity index (χ4v) is 8.06. The van der Waals surface area contributed by atoms with Crippen LogP contribution >= 0.6 is 0 Å². The van der Waals surface area contributed by atoms with Crippen LogP contribution < -0.4 is 0 Å². The molecule has 0 spiro atoms. The summed E-state index contributed by atoms with van der Waals surface area (Å²) < 4.78 is 87.4. The summed E-state index contributed by atoms with van der Waals surface area (Å²) >= 11 is 0. The van der Waals surface area contributed by atoms with Crippen molar-refractivity contribution >= 4 is 75.8 Å². The Balaban J connectivity index is 1.36. The van der Waals surface area contributed by atoms with Crippen molar-refractivity contribution in [3.8, 4) is 33.4 Å². The van der Waals surface area contributed by atoms with Crippen LogP contribution in [0.4, 0.5) is 0 Å². The van der Waals surface area contributed by atoms with Crippen LogP contribution in [0, 0.1) is 0 Å². The van der Waals surface area contributed by atoms with Crippen LogP contribution in [0.25, 0.3) is 109 Å². The summed E-state index contributed by atoms with van der Waals surface area (Å²) in [5.74, 6) is 0. The first-order valence-corrected chi connectivity index (χ1v) is 16.9. The summed E-state index contributed by atoms with van der Waals surface area (Å²) in [6.45, 7) is 0. The molecule has 0 radical (unpaired) electrons. The van der Waals surface area contributed by atoms with Gasteiger partial charge in [-0.05, 0) is 93.9 Å². The highest BCUT2D eigenvalue weighted by molar-refractivity contribution is 6.27. The van der Waals surface area contributed by atoms with Crippen molar-refractivity contribution in [2.45, 2.75) is 0 Å². The molecule has 1 heterocycles. The highest BCUT2D eigenvalue weighted by Crippen LogP contribution is 2.50. The van der Waals surface area contributed by atoms with Gasteiger partial charge in [0.25, 0.3) is 0 Å². The van der Waals surface area contributed by atoms with E-state index in [4.69, 9.17) is 12.6 Å². The molecule has 0 unspecified atom stereocenters. The normalized spacial score (nSPS) is 14.4. The standard InChI is InChI=1S/C50H30O/c1-4-17-34-31(13-1)16-11-24-37(34)47-38-20-7-9-22-40(38)48(41-23-10-8-21-39(41)47)43-29-27-32-14-2-5-18-35(32)46(43)42-25-12-26-45-49(42)44-30-28-33-15-3-6-19-36(33)50(44)51-45/h1-30H/i3D,6D,12D,15D,19D,25D,26D,28D,30D. The topological polar surface area (TPSA) is 13.1 Å². The molecule has 1 aromatic heterocycles. The largest absolute Gasteiger partial charge is 0.455 e. The Morgan fingerprint density at radius 1 is 0.333 bits per heavy atom. The average Bonchev–Trinajstić information content (AvgIpc) is 3.67. The van der Waals surface area contributed by atoms with Crippen LogP contribution in [0.15, 0.2) is 186 Å². The highest BCUT2D eigenvalue weighted by Gasteiger charge is 2.23. The van der Waals surface area contributed by atoms with Gasteiger partial charge in [-0.25, -0.2) is 0 Å². The molecule has 10 aromatic carbocycles. The van der Waals surface area contributed by atoms with Gasteiger partial charge in [0.2, 0.25) is 0 Å². The van der Waals surface area contributed by atoms with Crippen molar-refractivity contribution in [3.05, 3.63) is 182 Å². The molecular weight excluding hydrogens is 617 g/mol. The molecule has 11 aromatic rings. The maximum absolute atomic E-state index is 9.70. The zero-order valence-corrected chi connectivity index (χ0v) is 27.0. The van der Waals surface area contributed by atoms with Gasteiger partial charge in [-0.1, -0.05) is 170 Å². The van der Waals surface area contributed by atoms with Crippen molar-refractivity contribution < 1.29 is 16.8 Å². The van der Waals surface area contributed by atoms with Crippen molar-refractivity contribution in [1.82, 2.24) is 0 Å². The van der Waals surface area contributed by atoms with Crippen LogP contribution in [0.1, 0.15) is 12.3 Å². The summed E-state index contributed by atoms with van der Waals surface area (Å²) in [4.78, 5) is 0. The van der Waals surface area contributed by atoms with Gasteiger partial charge in [0.15, 0.2) is 0 Å². The monoisotopic (exact) mass is 655 g/mol. The number of benzene rings is 10. The van der Waals surface area contributed by atoms with Crippen molar-refractivity contribution in [3.63, 3.8) is 0 Å². The molecule has 0 aliphatic heterocycles. The van der Waals surface area contributed by atoms with Gasteiger partial charge in [0.05, 0.1) is 12.3 Å². The molecule has 0 bridgehead atoms. The maximum atomic E-state index is 9.70. The second-order valence-corrected chi connectivity index (χ2v) is 12.8. The van der Waals surface area contributed by atoms with Gasteiger partial charge in [0, 0.05) is 16.2 Å². The minimum Gasteiger partial charge on any atom is -0.455 e. The fraction of sp³-hybridized carbons (Fsp3) is 0. The SMILES string of the molecule is [2H]c1c([2H])c(-c2c(-c3c4ccccc4c(-c4cccc5ccccc45)c4ccccc34)ccc3ccccc23)c2c(oc3c4c([2H])c([2H])c([2H])c([2H])c4c([2H])c([2H])c32)c1[2H]. The summed E-state index contributed by atoms with van der Waals surface area (Å²) in [6, 6.07) is 39.3. The van der Waals surface area contributed by atoms with E-state index >= 15 is 0 Å². The molecule has 1 heteroatoms. The van der Waals surface area contributed by atoms with Crippen molar-refractivity contribution in [2.75, 3.05) is 0 Å². The third kappa shape index (κ3) is 4.09. The summed E-state index contributed by atoms with van der Waals surface area (Å²) in [6.07, 6.45) is 0. The third-order valence-electron chi connectivity index (χ3n) is 10.2. The molecule has 236 valence electrons. The van der Waals surface area contributed by atoms with Gasteiger partial charge in [-0.3, -0.25) is 0 Å². The Kier molecular flexibility index (Phi) is 4.43. The Labute approximate surface area is 307 Å². The quantitative estimate of drug-likeness (QED) is 0.173. The molecule has 0 aliphatic carbocycles. The lowest BCUT2D eigenvalue weighted by Gasteiger charge is -2.21. The molecule has 0 N–H and O–H groups in total. The molecule has 0 saturated carbocycles. The Hall–Kier alpha value is -6.70. The lowest BCUT2D eigenvalue weighted by molar-refractivity contribution is 0.673. The van der Waals surface area contributed by atoms with Gasteiger partial charge in [-0.2, -0.15) is 0 Å². The van der Waals surface area contributed by atoms with E-state index in [1.807, 2.05) is 66.7 Å². The lowest BCUT2D eigenvalue weighted by Crippen LogP contribution is -1.94. The zero-order valence-electron chi connectivity index (χ0n) is 36.0. The second kappa shape index (κ2) is 10.9. The molecule has 1 nitrogen and oxygen atoms in total. The molecule has 0 aliphatic rings. The minimum absolute atomic E-state index is 0.0458. The molecule has 0 atom stereocenters. The number of furan rings is 1. The number of hydrogen-bond acceptors (Lipinski definition) is 1. The van der Waals surface area contributed by atoms with E-state index in [-0.39, 0.29) is 50.4 Å². The first kappa shape index (κ1) is 20.7. The Morgan fingerprint density at radius 3 is 1.69 bits per heavy atom. The van der Waals surface area contributed by atoms with Crippen molar-refractivity contribution in [2.24, 2.45) is 0 Å². The van der Waals surface area contributed by atoms with Crippen LogP contribution in [0.3, 0.4) is 0 Å². The van der Waals surface area contributed by atoms with Crippen LogP contribution in [0.2, 0.25) is 0 Å². The van der Waals surface area contributed by atoms with E-state index < -0.39 is 42.3 Å². The second-order valence-electron chi connectivity index (χ2n) is 12.8. The summed E-state index contributed by atoms with van der Waals surface area (Å²) in [7, 11) is 0. The van der Waals surface area contributed by atoms with Gasteiger partial charge in [0.1, 0.15) is 11.2 Å². The molecule has 0 fully saturated rings. The fourth-order valence-electron chi connectivity index (χ4n) is 8.06. The third-order valence-corrected chi connectivity index (χ3v) is 10.2. The van der Waals surface area contributed by atoms with E-state index in [2.05, 4.69) is 60.7 Å². The van der Waals surface area contributed by atoms with E-state index in [1.165, 1.54) is 0 Å². The predicted octanol–water partition coefficient (Wildman–Crippen LogP) is 14.4. The number of fused-ring (bicyclic) bond motifs is 9. The molecule has 0 amide bonds. The van der Waals surface area contributed by atoms with Crippen LogP contribution in [-0.4, -0.2) is 0 Å². The van der Waals surface area contributed by atoms with E-state index in [9.17, 15) is 4.11 Å². The molecule has 11 rings (SSSR count). The zero-order chi connectivity index (χ0) is 41.3. The number of hydrogen-bond donors (Lipinski definition) is 0. The summed E-state index contributed by atoms with van der Waals surface area (Å²) in [5.41, 5.74) is 4.42. The van der Waals surface area contributed by atoms with Gasteiger partial charge >= 0.3 is 0 Å². The summed E-state index contributed by atoms with van der Waals surface area (Å²) in [5, 5.41) is 7.75. The highest BCUT2D eigenvalue weighted by atomic mass is 16.3. The maximum Gasteiger partial charge on any atom is 0.143 e. The molecular formula is C50H30O. The predicted molar refractivity (Wildman–Crippen MR) is 218 cm³/mol. The van der Waals surface area contributed by atoms with Crippen LogP contribution in [-0.2, 0) is 0 Å². The van der Waals surface area contributed by atoms with Gasteiger partial charge in [-0.15, -0.1) is 0 Å². The van der Waals surface area contributed by atoms with E-state index in [0.717, 1.165) is 65.3 Å². The first-order valence-electron chi connectivity index (χ1n) is 21.4. The van der Waals surface area contributed by atoms with Crippen LogP contribution in [0.5, 0.6) is 0 Å². The molecule has 51 heavy (non-hydrogen) atoms. The first-order chi connectivity index (χ1) is 29.1. The van der Waals surface area contributed by atoms with Crippen molar-refractivity contribution in [1.29, 1.82) is 0 Å². The van der Waals surface area contributed by atoms with E-state index in [0.29, 0.717) is 5.56 Å².